The maximum Gasteiger partial charge on any atom is 0.125 e. The van der Waals surface area contributed by atoms with E-state index in [0.29, 0.717) is 18.8 Å². The van der Waals surface area contributed by atoms with Crippen molar-refractivity contribution in [3.8, 4) is 0 Å². The van der Waals surface area contributed by atoms with Gasteiger partial charge in [-0.05, 0) is 49.8 Å². The standard InChI is InChI=1S/C16H24FNO2/c1-12-5-7-16(8-6-12)20-11-15(19)10-18-14-4-2-3-13(17)9-14/h2-4,9,12,15-16,18-19H,5-8,10-11H2,1H3. The number of halogens is 1. The van der Waals surface area contributed by atoms with Gasteiger partial charge in [-0.1, -0.05) is 13.0 Å². The van der Waals surface area contributed by atoms with Crippen LogP contribution in [0.15, 0.2) is 24.3 Å². The topological polar surface area (TPSA) is 41.5 Å². The summed E-state index contributed by atoms with van der Waals surface area (Å²) < 4.78 is 18.7. The molecule has 2 N–H and O–H groups in total. The third kappa shape index (κ3) is 5.10. The third-order valence-corrected chi connectivity index (χ3v) is 3.85. The number of hydrogen-bond donors (Lipinski definition) is 2. The van der Waals surface area contributed by atoms with E-state index in [-0.39, 0.29) is 11.9 Å². The maximum atomic E-state index is 13.0. The second-order valence-corrected chi connectivity index (χ2v) is 5.76. The average Bonchev–Trinajstić information content (AvgIpc) is 2.45. The summed E-state index contributed by atoms with van der Waals surface area (Å²) in [5, 5.41) is 12.9. The summed E-state index contributed by atoms with van der Waals surface area (Å²) in [6, 6.07) is 6.23. The van der Waals surface area contributed by atoms with Gasteiger partial charge in [-0.25, -0.2) is 4.39 Å². The molecule has 1 atom stereocenters. The molecule has 1 aromatic rings. The van der Waals surface area contributed by atoms with E-state index < -0.39 is 6.10 Å². The van der Waals surface area contributed by atoms with Crippen LogP contribution < -0.4 is 5.32 Å². The predicted molar refractivity (Wildman–Crippen MR) is 78.3 cm³/mol. The van der Waals surface area contributed by atoms with Gasteiger partial charge in [0.2, 0.25) is 0 Å². The first-order chi connectivity index (χ1) is 9.63. The van der Waals surface area contributed by atoms with Gasteiger partial charge in [-0.3, -0.25) is 0 Å². The monoisotopic (exact) mass is 281 g/mol. The van der Waals surface area contributed by atoms with E-state index in [1.165, 1.54) is 25.0 Å². The highest BCUT2D eigenvalue weighted by Crippen LogP contribution is 2.25. The minimum Gasteiger partial charge on any atom is -0.389 e. The fourth-order valence-electron chi connectivity index (χ4n) is 2.54. The van der Waals surface area contributed by atoms with E-state index in [0.717, 1.165) is 18.8 Å². The van der Waals surface area contributed by atoms with Gasteiger partial charge in [0.25, 0.3) is 0 Å². The number of aliphatic hydroxyl groups is 1. The zero-order valence-corrected chi connectivity index (χ0v) is 12.0. The van der Waals surface area contributed by atoms with Crippen LogP contribution in [0.1, 0.15) is 32.6 Å². The minimum absolute atomic E-state index is 0.280. The van der Waals surface area contributed by atoms with Crippen molar-refractivity contribution in [2.24, 2.45) is 5.92 Å². The highest BCUT2D eigenvalue weighted by Gasteiger charge is 2.19. The predicted octanol–water partition coefficient (Wildman–Crippen LogP) is 3.19. The summed E-state index contributed by atoms with van der Waals surface area (Å²) in [7, 11) is 0. The van der Waals surface area contributed by atoms with Crippen LogP contribution in [-0.4, -0.2) is 30.5 Å². The molecule has 1 unspecified atom stereocenters. The van der Waals surface area contributed by atoms with Gasteiger partial charge in [-0.15, -0.1) is 0 Å². The quantitative estimate of drug-likeness (QED) is 0.841. The zero-order chi connectivity index (χ0) is 14.4. The summed E-state index contributed by atoms with van der Waals surface area (Å²) in [5.74, 6) is 0.520. The number of nitrogens with one attached hydrogen (secondary N) is 1. The Bertz CT molecular complexity index is 405. The summed E-state index contributed by atoms with van der Waals surface area (Å²) in [4.78, 5) is 0. The van der Waals surface area contributed by atoms with Crippen molar-refractivity contribution in [1.29, 1.82) is 0 Å². The van der Waals surface area contributed by atoms with Crippen LogP contribution in [0, 0.1) is 11.7 Å². The number of rotatable bonds is 6. The van der Waals surface area contributed by atoms with E-state index in [1.807, 2.05) is 0 Å². The largest absolute Gasteiger partial charge is 0.389 e. The van der Waals surface area contributed by atoms with Crippen LogP contribution >= 0.6 is 0 Å². The number of anilines is 1. The Morgan fingerprint density at radius 3 is 2.80 bits per heavy atom. The highest BCUT2D eigenvalue weighted by molar-refractivity contribution is 5.43. The summed E-state index contributed by atoms with van der Waals surface area (Å²) in [6.07, 6.45) is 4.31. The van der Waals surface area contributed by atoms with E-state index in [4.69, 9.17) is 4.74 Å². The molecular formula is C16H24FNO2. The first-order valence-electron chi connectivity index (χ1n) is 7.42. The zero-order valence-electron chi connectivity index (χ0n) is 12.0. The maximum absolute atomic E-state index is 13.0. The van der Waals surface area contributed by atoms with Crippen LogP contribution in [0.4, 0.5) is 10.1 Å². The molecule has 1 aliphatic rings. The lowest BCUT2D eigenvalue weighted by atomic mass is 9.89. The second-order valence-electron chi connectivity index (χ2n) is 5.76. The van der Waals surface area contributed by atoms with E-state index in [2.05, 4.69) is 12.2 Å². The molecule has 0 aliphatic heterocycles. The number of hydrogen-bond acceptors (Lipinski definition) is 3. The van der Waals surface area contributed by atoms with Gasteiger partial charge in [0.05, 0.1) is 18.8 Å². The second kappa shape index (κ2) is 7.60. The van der Waals surface area contributed by atoms with Gasteiger partial charge in [0.15, 0.2) is 0 Å². The van der Waals surface area contributed by atoms with Gasteiger partial charge in [-0.2, -0.15) is 0 Å². The molecule has 20 heavy (non-hydrogen) atoms. The van der Waals surface area contributed by atoms with Crippen molar-refractivity contribution in [2.45, 2.75) is 44.8 Å². The molecule has 0 amide bonds. The van der Waals surface area contributed by atoms with Crippen LogP contribution in [0.25, 0.3) is 0 Å². The molecule has 112 valence electrons. The first-order valence-corrected chi connectivity index (χ1v) is 7.42. The lowest BCUT2D eigenvalue weighted by Gasteiger charge is -2.27. The molecule has 2 rings (SSSR count). The van der Waals surface area contributed by atoms with Crippen molar-refractivity contribution < 1.29 is 14.2 Å². The van der Waals surface area contributed by atoms with Crippen LogP contribution in [0.2, 0.25) is 0 Å². The van der Waals surface area contributed by atoms with Gasteiger partial charge in [0.1, 0.15) is 5.82 Å². The molecule has 1 aromatic carbocycles. The molecule has 0 spiro atoms. The smallest absolute Gasteiger partial charge is 0.125 e. The van der Waals surface area contributed by atoms with E-state index in [1.54, 1.807) is 12.1 Å². The minimum atomic E-state index is -0.572. The Morgan fingerprint density at radius 2 is 2.10 bits per heavy atom. The molecule has 0 radical (unpaired) electrons. The fraction of sp³-hybridized carbons (Fsp3) is 0.625. The van der Waals surface area contributed by atoms with Crippen molar-refractivity contribution in [3.63, 3.8) is 0 Å². The van der Waals surface area contributed by atoms with Crippen molar-refractivity contribution in [3.05, 3.63) is 30.1 Å². The number of aliphatic hydroxyl groups excluding tert-OH is 1. The molecule has 3 nitrogen and oxygen atoms in total. The molecule has 0 saturated heterocycles. The van der Waals surface area contributed by atoms with Crippen LogP contribution in [0.3, 0.4) is 0 Å². The Hall–Kier alpha value is -1.13. The molecule has 1 saturated carbocycles. The Kier molecular flexibility index (Phi) is 5.80. The molecule has 0 aromatic heterocycles. The Labute approximate surface area is 120 Å². The Morgan fingerprint density at radius 1 is 1.35 bits per heavy atom. The lowest BCUT2D eigenvalue weighted by Crippen LogP contribution is -2.29. The van der Waals surface area contributed by atoms with Gasteiger partial charge >= 0.3 is 0 Å². The van der Waals surface area contributed by atoms with Crippen molar-refractivity contribution in [2.75, 3.05) is 18.5 Å². The average molecular weight is 281 g/mol. The van der Waals surface area contributed by atoms with Crippen molar-refractivity contribution in [1.82, 2.24) is 0 Å². The fourth-order valence-corrected chi connectivity index (χ4v) is 2.54. The normalized spacial score (nSPS) is 24.4. The number of benzene rings is 1. The first kappa shape index (κ1) is 15.3. The summed E-state index contributed by atoms with van der Waals surface area (Å²) >= 11 is 0. The molecule has 0 bridgehead atoms. The molecule has 0 heterocycles. The van der Waals surface area contributed by atoms with Crippen LogP contribution in [0.5, 0.6) is 0 Å². The SMILES string of the molecule is CC1CCC(OCC(O)CNc2cccc(F)c2)CC1. The molecule has 4 heteroatoms. The highest BCUT2D eigenvalue weighted by atomic mass is 19.1. The molecule has 1 aliphatic carbocycles. The molecule has 1 fully saturated rings. The summed E-state index contributed by atoms with van der Waals surface area (Å²) in [6.45, 7) is 2.97. The third-order valence-electron chi connectivity index (χ3n) is 3.85. The lowest BCUT2D eigenvalue weighted by molar-refractivity contribution is -0.0245. The van der Waals surface area contributed by atoms with E-state index in [9.17, 15) is 9.50 Å². The Balaban J connectivity index is 1.64. The molecular weight excluding hydrogens is 257 g/mol. The van der Waals surface area contributed by atoms with Crippen LogP contribution in [-0.2, 0) is 4.74 Å². The van der Waals surface area contributed by atoms with E-state index >= 15 is 0 Å². The van der Waals surface area contributed by atoms with Crippen molar-refractivity contribution >= 4 is 5.69 Å². The number of ether oxygens (including phenoxy) is 1. The summed E-state index contributed by atoms with van der Waals surface area (Å²) in [5.41, 5.74) is 0.676. The van der Waals surface area contributed by atoms with Gasteiger partial charge in [0, 0.05) is 12.2 Å². The van der Waals surface area contributed by atoms with Gasteiger partial charge < -0.3 is 15.2 Å².